The summed E-state index contributed by atoms with van der Waals surface area (Å²) in [4.78, 5) is 11.2. The Morgan fingerprint density at radius 2 is 2.12 bits per heavy atom. The molecule has 0 amide bonds. The third-order valence-corrected chi connectivity index (χ3v) is 2.69. The number of methoxy groups -OCH3 is 1. The smallest absolute Gasteiger partial charge is 0.418 e. The summed E-state index contributed by atoms with van der Waals surface area (Å²) in [6.45, 7) is 1.35. The number of benzene rings is 1. The van der Waals surface area contributed by atoms with Crippen molar-refractivity contribution in [3.63, 3.8) is 0 Å². The summed E-state index contributed by atoms with van der Waals surface area (Å²) in [5, 5.41) is 12.1. The average Bonchev–Trinajstić information content (AvgIpc) is 2.54. The molecular weight excluding hydrogens is 346 g/mol. The fourth-order valence-electron chi connectivity index (χ4n) is 1.57. The molecule has 1 N–H and O–H groups in total. The number of carbonyl (C=O) groups is 1. The highest BCUT2D eigenvalue weighted by atomic mass is 19.4. The lowest BCUT2D eigenvalue weighted by molar-refractivity contribution is -0.138. The summed E-state index contributed by atoms with van der Waals surface area (Å²) in [7, 11) is 1.24. The van der Waals surface area contributed by atoms with Gasteiger partial charge in [-0.25, -0.2) is 9.18 Å². The van der Waals surface area contributed by atoms with E-state index in [0.29, 0.717) is 6.21 Å². The predicted molar refractivity (Wildman–Crippen MR) is 80.6 cm³/mol. The highest BCUT2D eigenvalue weighted by Crippen LogP contribution is 2.27. The maximum Gasteiger partial charge on any atom is 0.418 e. The average molecular weight is 359 g/mol. The van der Waals surface area contributed by atoms with E-state index < -0.39 is 23.5 Å². The van der Waals surface area contributed by atoms with Crippen molar-refractivity contribution in [2.75, 3.05) is 19.1 Å². The Hall–Kier alpha value is -3.09. The van der Waals surface area contributed by atoms with Crippen LogP contribution in [-0.2, 0) is 9.53 Å². The summed E-state index contributed by atoms with van der Waals surface area (Å²) < 4.78 is 61.5. The number of nitrogens with zero attached hydrogens (tertiary/aromatic N) is 2. The van der Waals surface area contributed by atoms with Crippen LogP contribution >= 0.6 is 0 Å². The number of hydrogen-bond acceptors (Lipinski definition) is 6. The van der Waals surface area contributed by atoms with E-state index >= 15 is 0 Å². The van der Waals surface area contributed by atoms with Crippen molar-refractivity contribution in [3.8, 4) is 11.8 Å². The van der Waals surface area contributed by atoms with Crippen LogP contribution in [0.3, 0.4) is 0 Å². The minimum Gasteiger partial charge on any atom is -0.495 e. The Balaban J connectivity index is 3.04. The van der Waals surface area contributed by atoms with Gasteiger partial charge < -0.3 is 9.47 Å². The number of allylic oxidation sites excluding steroid dienone is 1. The maximum atomic E-state index is 13.8. The van der Waals surface area contributed by atoms with Crippen LogP contribution in [0.5, 0.6) is 5.75 Å². The first-order chi connectivity index (χ1) is 11.7. The maximum absolute atomic E-state index is 13.8. The number of halogens is 4. The second-order valence-electron chi connectivity index (χ2n) is 4.36. The molecule has 0 atom stereocenters. The van der Waals surface area contributed by atoms with Crippen LogP contribution in [0, 0.1) is 17.1 Å². The Labute approximate surface area is 140 Å². The standard InChI is InChI=1S/C15H13F4N3O3/c1-3-25-14(23)5-10(15(17,18)19)8-21-22-12-6-13(24-2)9(7-20)4-11(12)16/h4-6,8,22H,3H2,1-2H3/b10-5+,21-8+. The van der Waals surface area contributed by atoms with Gasteiger partial charge in [-0.3, -0.25) is 5.43 Å². The van der Waals surface area contributed by atoms with E-state index in [1.807, 2.05) is 0 Å². The largest absolute Gasteiger partial charge is 0.495 e. The van der Waals surface area contributed by atoms with E-state index in [1.165, 1.54) is 14.0 Å². The van der Waals surface area contributed by atoms with Gasteiger partial charge in [-0.1, -0.05) is 0 Å². The lowest BCUT2D eigenvalue weighted by atomic mass is 10.2. The second-order valence-corrected chi connectivity index (χ2v) is 4.36. The molecule has 0 fully saturated rings. The molecule has 1 rings (SSSR count). The zero-order valence-electron chi connectivity index (χ0n) is 13.1. The zero-order chi connectivity index (χ0) is 19.0. The number of anilines is 1. The first-order valence-electron chi connectivity index (χ1n) is 6.75. The van der Waals surface area contributed by atoms with Gasteiger partial charge in [0.2, 0.25) is 0 Å². The minimum absolute atomic E-state index is 0.0136. The summed E-state index contributed by atoms with van der Waals surface area (Å²) in [5.41, 5.74) is 0.264. The van der Waals surface area contributed by atoms with Gasteiger partial charge in [0.1, 0.15) is 17.6 Å². The molecule has 10 heteroatoms. The van der Waals surface area contributed by atoms with Crippen molar-refractivity contribution in [3.05, 3.63) is 35.2 Å². The number of rotatable bonds is 6. The fourth-order valence-corrected chi connectivity index (χ4v) is 1.57. The lowest BCUT2D eigenvalue weighted by Gasteiger charge is -2.09. The number of hydrogen-bond donors (Lipinski definition) is 1. The summed E-state index contributed by atoms with van der Waals surface area (Å²) in [6, 6.07) is 3.61. The van der Waals surface area contributed by atoms with Crippen molar-refractivity contribution < 1.29 is 31.8 Å². The first-order valence-corrected chi connectivity index (χ1v) is 6.75. The number of alkyl halides is 3. The van der Waals surface area contributed by atoms with Crippen molar-refractivity contribution in [1.82, 2.24) is 0 Å². The normalized spacial score (nSPS) is 12.0. The Morgan fingerprint density at radius 3 is 2.64 bits per heavy atom. The van der Waals surface area contributed by atoms with Crippen LogP contribution < -0.4 is 10.2 Å². The van der Waals surface area contributed by atoms with Gasteiger partial charge in [0.15, 0.2) is 0 Å². The van der Waals surface area contributed by atoms with E-state index in [1.54, 1.807) is 6.07 Å². The molecule has 0 bridgehead atoms. The van der Waals surface area contributed by atoms with Crippen LogP contribution in [0.25, 0.3) is 0 Å². The van der Waals surface area contributed by atoms with E-state index in [2.05, 4.69) is 15.3 Å². The Morgan fingerprint density at radius 1 is 1.44 bits per heavy atom. The molecular formula is C15H13F4N3O3. The number of esters is 1. The topological polar surface area (TPSA) is 83.7 Å². The third kappa shape index (κ3) is 5.80. The molecule has 0 aliphatic carbocycles. The Kier molecular flexibility index (Phi) is 6.93. The molecule has 6 nitrogen and oxygen atoms in total. The fraction of sp³-hybridized carbons (Fsp3) is 0.267. The first kappa shape index (κ1) is 20.0. The monoisotopic (exact) mass is 359 g/mol. The Bertz CT molecular complexity index is 737. The van der Waals surface area contributed by atoms with Crippen LogP contribution in [0.4, 0.5) is 23.2 Å². The van der Waals surface area contributed by atoms with E-state index in [-0.39, 0.29) is 29.7 Å². The van der Waals surface area contributed by atoms with Gasteiger partial charge in [0, 0.05) is 12.1 Å². The van der Waals surface area contributed by atoms with E-state index in [0.717, 1.165) is 12.1 Å². The second kappa shape index (κ2) is 8.68. The van der Waals surface area contributed by atoms with Crippen LogP contribution in [0.1, 0.15) is 12.5 Å². The van der Waals surface area contributed by atoms with Gasteiger partial charge in [0.05, 0.1) is 36.8 Å². The van der Waals surface area contributed by atoms with Gasteiger partial charge in [-0.05, 0) is 13.0 Å². The minimum atomic E-state index is -4.86. The summed E-state index contributed by atoms with van der Waals surface area (Å²) in [5.74, 6) is -2.09. The number of ether oxygens (including phenoxy) is 2. The van der Waals surface area contributed by atoms with Crippen molar-refractivity contribution in [1.29, 1.82) is 5.26 Å². The molecule has 0 aliphatic rings. The molecule has 0 heterocycles. The van der Waals surface area contributed by atoms with Crippen LogP contribution in [-0.4, -0.2) is 32.1 Å². The predicted octanol–water partition coefficient (Wildman–Crippen LogP) is 3.16. The molecule has 1 aromatic rings. The molecule has 0 saturated carbocycles. The van der Waals surface area contributed by atoms with Gasteiger partial charge in [-0.2, -0.15) is 23.5 Å². The zero-order valence-corrected chi connectivity index (χ0v) is 13.1. The SMILES string of the molecule is CCOC(=O)/C=C(\C=N\Nc1cc(OC)c(C#N)cc1F)C(F)(F)F. The highest BCUT2D eigenvalue weighted by molar-refractivity contribution is 5.92. The highest BCUT2D eigenvalue weighted by Gasteiger charge is 2.33. The molecule has 0 radical (unpaired) electrons. The molecule has 0 saturated heterocycles. The van der Waals surface area contributed by atoms with Crippen LogP contribution in [0.15, 0.2) is 28.9 Å². The van der Waals surface area contributed by atoms with Gasteiger partial charge >= 0.3 is 12.1 Å². The molecule has 0 aromatic heterocycles. The molecule has 25 heavy (non-hydrogen) atoms. The van der Waals surface area contributed by atoms with Crippen molar-refractivity contribution in [2.24, 2.45) is 5.10 Å². The molecule has 0 unspecified atom stereocenters. The number of hydrazone groups is 1. The number of carbonyl (C=O) groups excluding carboxylic acids is 1. The number of nitriles is 1. The summed E-state index contributed by atoms with van der Waals surface area (Å²) in [6.07, 6.45) is -4.33. The molecule has 0 spiro atoms. The van der Waals surface area contributed by atoms with E-state index in [9.17, 15) is 22.4 Å². The van der Waals surface area contributed by atoms with Crippen LogP contribution in [0.2, 0.25) is 0 Å². The van der Waals surface area contributed by atoms with Gasteiger partial charge in [-0.15, -0.1) is 0 Å². The molecule has 1 aromatic carbocycles. The van der Waals surface area contributed by atoms with Gasteiger partial charge in [0.25, 0.3) is 0 Å². The lowest BCUT2D eigenvalue weighted by Crippen LogP contribution is -2.16. The number of nitrogens with one attached hydrogen (secondary N) is 1. The molecule has 134 valence electrons. The summed E-state index contributed by atoms with van der Waals surface area (Å²) >= 11 is 0. The van der Waals surface area contributed by atoms with Crippen molar-refractivity contribution >= 4 is 17.9 Å². The molecule has 0 aliphatic heterocycles. The third-order valence-electron chi connectivity index (χ3n) is 2.69. The van der Waals surface area contributed by atoms with Crippen molar-refractivity contribution in [2.45, 2.75) is 13.1 Å². The van der Waals surface area contributed by atoms with E-state index in [4.69, 9.17) is 10.00 Å². The quantitative estimate of drug-likeness (QED) is 0.277.